The summed E-state index contributed by atoms with van der Waals surface area (Å²) in [7, 11) is 3.25. The van der Waals surface area contributed by atoms with Gasteiger partial charge in [0.05, 0.1) is 14.2 Å². The fourth-order valence-electron chi connectivity index (χ4n) is 1.67. The average Bonchev–Trinajstić information content (AvgIpc) is 2.49. The molecule has 0 atom stereocenters. The number of hydrogen-bond acceptors (Lipinski definition) is 5. The molecule has 0 saturated carbocycles. The van der Waals surface area contributed by atoms with Crippen LogP contribution in [0.5, 0.6) is 17.2 Å². The van der Waals surface area contributed by atoms with Crippen molar-refractivity contribution in [3.63, 3.8) is 0 Å². The molecule has 1 aromatic rings. The van der Waals surface area contributed by atoms with Crippen molar-refractivity contribution in [2.45, 2.75) is 13.3 Å². The highest BCUT2D eigenvalue weighted by atomic mass is 16.5. The molecule has 114 valence electrons. The summed E-state index contributed by atoms with van der Waals surface area (Å²) in [5.41, 5.74) is 0. The summed E-state index contributed by atoms with van der Waals surface area (Å²) in [6, 6.07) is 5.51. The Kier molecular flexibility index (Phi) is 8.58. The number of benzene rings is 1. The normalized spacial score (nSPS) is 10.3. The van der Waals surface area contributed by atoms with Gasteiger partial charge >= 0.3 is 0 Å². The number of methoxy groups -OCH3 is 2. The molecule has 1 N–H and O–H groups in total. The van der Waals surface area contributed by atoms with Gasteiger partial charge < -0.3 is 24.3 Å². The van der Waals surface area contributed by atoms with Gasteiger partial charge in [0.25, 0.3) is 0 Å². The average molecular weight is 283 g/mol. The van der Waals surface area contributed by atoms with Crippen LogP contribution in [0.3, 0.4) is 0 Å². The molecule has 0 aliphatic heterocycles. The standard InChI is InChI=1S/C15H25NO4/c1-4-19-8-5-6-16-7-9-20-15-11-13(17-2)10-14(12-15)18-3/h10-12,16H,4-9H2,1-3H3. The number of hydrogen-bond donors (Lipinski definition) is 1. The van der Waals surface area contributed by atoms with Crippen molar-refractivity contribution in [3.05, 3.63) is 18.2 Å². The summed E-state index contributed by atoms with van der Waals surface area (Å²) in [5, 5.41) is 3.30. The van der Waals surface area contributed by atoms with E-state index >= 15 is 0 Å². The Morgan fingerprint density at radius 2 is 1.55 bits per heavy atom. The molecule has 5 heteroatoms. The van der Waals surface area contributed by atoms with Gasteiger partial charge in [-0.05, 0) is 19.9 Å². The first-order chi connectivity index (χ1) is 9.80. The van der Waals surface area contributed by atoms with Crippen molar-refractivity contribution in [2.75, 3.05) is 47.1 Å². The van der Waals surface area contributed by atoms with Crippen LogP contribution in [-0.2, 0) is 4.74 Å². The first kappa shape index (κ1) is 16.6. The van der Waals surface area contributed by atoms with Crippen LogP contribution < -0.4 is 19.5 Å². The molecule has 0 bridgehead atoms. The zero-order valence-corrected chi connectivity index (χ0v) is 12.6. The molecule has 0 aromatic heterocycles. The van der Waals surface area contributed by atoms with E-state index in [2.05, 4.69) is 5.32 Å². The minimum Gasteiger partial charge on any atom is -0.496 e. The molecule has 0 aliphatic carbocycles. The van der Waals surface area contributed by atoms with Crippen LogP contribution in [-0.4, -0.2) is 47.1 Å². The van der Waals surface area contributed by atoms with Crippen molar-refractivity contribution < 1.29 is 18.9 Å². The summed E-state index contributed by atoms with van der Waals surface area (Å²) in [5.74, 6) is 2.20. The number of nitrogens with one attached hydrogen (secondary N) is 1. The van der Waals surface area contributed by atoms with E-state index < -0.39 is 0 Å². The minimum atomic E-state index is 0.602. The van der Waals surface area contributed by atoms with Crippen LogP contribution >= 0.6 is 0 Å². The predicted octanol–water partition coefficient (Wildman–Crippen LogP) is 2.10. The van der Waals surface area contributed by atoms with E-state index in [0.29, 0.717) is 6.61 Å². The molecule has 0 amide bonds. The van der Waals surface area contributed by atoms with Gasteiger partial charge in [-0.3, -0.25) is 0 Å². The van der Waals surface area contributed by atoms with Crippen LogP contribution in [0.15, 0.2) is 18.2 Å². The molecule has 5 nitrogen and oxygen atoms in total. The summed E-state index contributed by atoms with van der Waals surface area (Å²) in [6.45, 7) is 5.92. The van der Waals surface area contributed by atoms with Gasteiger partial charge in [0.15, 0.2) is 0 Å². The Bertz CT molecular complexity index is 349. The second-order valence-electron chi connectivity index (χ2n) is 4.20. The van der Waals surface area contributed by atoms with Crippen LogP contribution in [0.4, 0.5) is 0 Å². The fraction of sp³-hybridized carbons (Fsp3) is 0.600. The Labute approximate surface area is 121 Å². The fourth-order valence-corrected chi connectivity index (χ4v) is 1.67. The molecule has 0 spiro atoms. The zero-order valence-electron chi connectivity index (χ0n) is 12.6. The van der Waals surface area contributed by atoms with Crippen molar-refractivity contribution >= 4 is 0 Å². The van der Waals surface area contributed by atoms with E-state index in [9.17, 15) is 0 Å². The highest BCUT2D eigenvalue weighted by molar-refractivity contribution is 5.41. The summed E-state index contributed by atoms with van der Waals surface area (Å²) in [6.07, 6.45) is 1.01. The smallest absolute Gasteiger partial charge is 0.126 e. The molecular formula is C15H25NO4. The third-order valence-electron chi connectivity index (χ3n) is 2.72. The maximum Gasteiger partial charge on any atom is 0.126 e. The molecule has 1 aromatic carbocycles. The molecule has 0 fully saturated rings. The lowest BCUT2D eigenvalue weighted by molar-refractivity contribution is 0.144. The van der Waals surface area contributed by atoms with Gasteiger partial charge in [-0.1, -0.05) is 0 Å². The summed E-state index contributed by atoms with van der Waals surface area (Å²) < 4.78 is 21.3. The van der Waals surface area contributed by atoms with Crippen molar-refractivity contribution in [3.8, 4) is 17.2 Å². The molecule has 20 heavy (non-hydrogen) atoms. The Morgan fingerprint density at radius 1 is 0.900 bits per heavy atom. The third-order valence-corrected chi connectivity index (χ3v) is 2.72. The summed E-state index contributed by atoms with van der Waals surface area (Å²) in [4.78, 5) is 0. The lowest BCUT2D eigenvalue weighted by Crippen LogP contribution is -2.23. The predicted molar refractivity (Wildman–Crippen MR) is 79.0 cm³/mol. The maximum atomic E-state index is 5.66. The first-order valence-corrected chi connectivity index (χ1v) is 6.94. The third kappa shape index (κ3) is 6.63. The van der Waals surface area contributed by atoms with E-state index in [1.54, 1.807) is 14.2 Å². The summed E-state index contributed by atoms with van der Waals surface area (Å²) >= 11 is 0. The van der Waals surface area contributed by atoms with Gasteiger partial charge in [0.2, 0.25) is 0 Å². The van der Waals surface area contributed by atoms with Crippen molar-refractivity contribution in [2.24, 2.45) is 0 Å². The van der Waals surface area contributed by atoms with Crippen LogP contribution in [0.2, 0.25) is 0 Å². The van der Waals surface area contributed by atoms with Gasteiger partial charge in [0, 0.05) is 38.0 Å². The van der Waals surface area contributed by atoms with Crippen LogP contribution in [0, 0.1) is 0 Å². The molecular weight excluding hydrogens is 258 g/mol. The molecule has 0 aliphatic rings. The van der Waals surface area contributed by atoms with E-state index in [1.807, 2.05) is 25.1 Å². The van der Waals surface area contributed by atoms with Crippen molar-refractivity contribution in [1.82, 2.24) is 5.32 Å². The number of rotatable bonds is 11. The SMILES string of the molecule is CCOCCCNCCOc1cc(OC)cc(OC)c1. The van der Waals surface area contributed by atoms with E-state index in [1.165, 1.54) is 0 Å². The highest BCUT2D eigenvalue weighted by Gasteiger charge is 2.02. The molecule has 0 heterocycles. The Hall–Kier alpha value is -1.46. The maximum absolute atomic E-state index is 5.66. The zero-order chi connectivity index (χ0) is 14.6. The largest absolute Gasteiger partial charge is 0.496 e. The lowest BCUT2D eigenvalue weighted by Gasteiger charge is -2.10. The minimum absolute atomic E-state index is 0.602. The first-order valence-electron chi connectivity index (χ1n) is 6.94. The molecule has 0 saturated heterocycles. The topological polar surface area (TPSA) is 49.0 Å². The second-order valence-corrected chi connectivity index (χ2v) is 4.20. The quantitative estimate of drug-likeness (QED) is 0.630. The molecule has 0 radical (unpaired) electrons. The second kappa shape index (κ2) is 10.3. The van der Waals surface area contributed by atoms with Crippen molar-refractivity contribution in [1.29, 1.82) is 0 Å². The molecule has 1 rings (SSSR count). The van der Waals surface area contributed by atoms with Crippen LogP contribution in [0.1, 0.15) is 13.3 Å². The van der Waals surface area contributed by atoms with Gasteiger partial charge in [-0.15, -0.1) is 0 Å². The monoisotopic (exact) mass is 283 g/mol. The Morgan fingerprint density at radius 3 is 2.15 bits per heavy atom. The Balaban J connectivity index is 2.21. The van der Waals surface area contributed by atoms with E-state index in [4.69, 9.17) is 18.9 Å². The highest BCUT2D eigenvalue weighted by Crippen LogP contribution is 2.27. The molecule has 0 unspecified atom stereocenters. The van der Waals surface area contributed by atoms with Gasteiger partial charge in [-0.25, -0.2) is 0 Å². The van der Waals surface area contributed by atoms with E-state index in [0.717, 1.165) is 50.0 Å². The van der Waals surface area contributed by atoms with E-state index in [-0.39, 0.29) is 0 Å². The van der Waals surface area contributed by atoms with Gasteiger partial charge in [-0.2, -0.15) is 0 Å². The van der Waals surface area contributed by atoms with Gasteiger partial charge in [0.1, 0.15) is 23.9 Å². The number of ether oxygens (including phenoxy) is 4. The van der Waals surface area contributed by atoms with Crippen LogP contribution in [0.25, 0.3) is 0 Å². The lowest BCUT2D eigenvalue weighted by atomic mass is 10.3.